The second-order valence-corrected chi connectivity index (χ2v) is 6.82. The number of hydrogen-bond acceptors (Lipinski definition) is 5. The summed E-state index contributed by atoms with van der Waals surface area (Å²) in [7, 11) is 0. The predicted octanol–water partition coefficient (Wildman–Crippen LogP) is 2.12. The topological polar surface area (TPSA) is 90.3 Å². The van der Waals surface area contributed by atoms with Gasteiger partial charge < -0.3 is 10.1 Å². The summed E-state index contributed by atoms with van der Waals surface area (Å²) < 4.78 is 6.74. The molecule has 1 aromatic heterocycles. The number of carbonyl (C=O) groups excluding carboxylic acids is 2. The maximum atomic E-state index is 12.8. The number of esters is 1. The van der Waals surface area contributed by atoms with Crippen LogP contribution in [0.3, 0.4) is 0 Å². The minimum Gasteiger partial charge on any atom is -0.456 e. The van der Waals surface area contributed by atoms with E-state index < -0.39 is 5.97 Å². The third-order valence-electron chi connectivity index (χ3n) is 4.56. The lowest BCUT2D eigenvalue weighted by Gasteiger charge is -2.12. The van der Waals surface area contributed by atoms with Crippen molar-refractivity contribution < 1.29 is 14.3 Å². The zero-order chi connectivity index (χ0) is 19.2. The van der Waals surface area contributed by atoms with Gasteiger partial charge in [-0.2, -0.15) is 0 Å². The molecule has 27 heavy (non-hydrogen) atoms. The molecule has 0 aliphatic heterocycles. The van der Waals surface area contributed by atoms with Crippen LogP contribution in [0.2, 0.25) is 0 Å². The minimum atomic E-state index is -0.467. The van der Waals surface area contributed by atoms with Crippen LogP contribution in [0, 0.1) is 0 Å². The molecular weight excluding hydrogens is 346 g/mol. The Bertz CT molecular complexity index is 886. The van der Waals surface area contributed by atoms with Crippen LogP contribution in [-0.2, 0) is 20.7 Å². The van der Waals surface area contributed by atoms with E-state index in [-0.39, 0.29) is 30.5 Å². The first-order valence-corrected chi connectivity index (χ1v) is 9.52. The van der Waals surface area contributed by atoms with Gasteiger partial charge in [-0.1, -0.05) is 25.5 Å². The molecular formula is C20H25N3O4. The highest BCUT2D eigenvalue weighted by molar-refractivity contribution is 5.80. The monoisotopic (exact) mass is 371 g/mol. The number of carbonyl (C=O) groups is 2. The molecule has 0 radical (unpaired) electrons. The molecule has 144 valence electrons. The summed E-state index contributed by atoms with van der Waals surface area (Å²) in [5, 5.41) is 3.30. The van der Waals surface area contributed by atoms with Crippen LogP contribution in [0.5, 0.6) is 0 Å². The van der Waals surface area contributed by atoms with Crippen molar-refractivity contribution in [3.8, 4) is 0 Å². The summed E-state index contributed by atoms with van der Waals surface area (Å²) in [6.45, 7) is 2.35. The lowest BCUT2D eigenvalue weighted by Crippen LogP contribution is -2.29. The van der Waals surface area contributed by atoms with Gasteiger partial charge in [0.05, 0.1) is 17.3 Å². The average Bonchev–Trinajstić information content (AvgIpc) is 3.50. The lowest BCUT2D eigenvalue weighted by molar-refractivity contribution is -0.148. The first-order valence-electron chi connectivity index (χ1n) is 9.52. The number of aromatic nitrogens is 2. The molecule has 2 aromatic rings. The van der Waals surface area contributed by atoms with Crippen molar-refractivity contribution in [3.05, 3.63) is 40.4 Å². The number of hydrogen-bond donors (Lipinski definition) is 1. The molecule has 7 heteroatoms. The molecule has 1 N–H and O–H groups in total. The standard InChI is InChI=1S/C20H25N3O4/c1-2-3-12-21-18(24)13-27-19(25)11-10-17-22-16-7-5-4-6-15(16)20(26)23(17)14-8-9-14/h4-7,14H,2-3,8-13H2,1H3,(H,21,24). The quantitative estimate of drug-likeness (QED) is 0.539. The van der Waals surface area contributed by atoms with Crippen molar-refractivity contribution in [2.75, 3.05) is 13.2 Å². The predicted molar refractivity (Wildman–Crippen MR) is 101 cm³/mol. The van der Waals surface area contributed by atoms with Gasteiger partial charge >= 0.3 is 5.97 Å². The van der Waals surface area contributed by atoms with Crippen LogP contribution >= 0.6 is 0 Å². The average molecular weight is 371 g/mol. The molecule has 0 saturated heterocycles. The number of aryl methyl sites for hydroxylation is 1. The van der Waals surface area contributed by atoms with Crippen molar-refractivity contribution in [1.29, 1.82) is 0 Å². The number of para-hydroxylation sites is 1. The number of ether oxygens (including phenoxy) is 1. The van der Waals surface area contributed by atoms with Gasteiger partial charge in [0.1, 0.15) is 5.82 Å². The molecule has 1 amide bonds. The highest BCUT2D eigenvalue weighted by Gasteiger charge is 2.28. The summed E-state index contributed by atoms with van der Waals surface area (Å²) in [5.74, 6) is -0.161. The molecule has 0 unspecified atom stereocenters. The van der Waals surface area contributed by atoms with E-state index in [1.807, 2.05) is 19.1 Å². The van der Waals surface area contributed by atoms with Crippen molar-refractivity contribution in [2.45, 2.75) is 51.5 Å². The van der Waals surface area contributed by atoms with Gasteiger partial charge in [0.15, 0.2) is 6.61 Å². The van der Waals surface area contributed by atoms with Crippen molar-refractivity contribution in [3.63, 3.8) is 0 Å². The van der Waals surface area contributed by atoms with E-state index >= 15 is 0 Å². The zero-order valence-electron chi connectivity index (χ0n) is 15.6. The fourth-order valence-electron chi connectivity index (χ4n) is 2.97. The highest BCUT2D eigenvalue weighted by Crippen LogP contribution is 2.34. The zero-order valence-corrected chi connectivity index (χ0v) is 15.6. The van der Waals surface area contributed by atoms with Gasteiger partial charge in [0, 0.05) is 19.0 Å². The second-order valence-electron chi connectivity index (χ2n) is 6.82. The SMILES string of the molecule is CCCCNC(=O)COC(=O)CCc1nc2ccccc2c(=O)n1C1CC1. The molecule has 1 aromatic carbocycles. The number of unbranched alkanes of at least 4 members (excludes halogenated alkanes) is 1. The van der Waals surface area contributed by atoms with Gasteiger partial charge in [0.25, 0.3) is 11.5 Å². The molecule has 1 aliphatic carbocycles. The van der Waals surface area contributed by atoms with E-state index in [1.54, 1.807) is 16.7 Å². The summed E-state index contributed by atoms with van der Waals surface area (Å²) in [4.78, 5) is 40.9. The Balaban J connectivity index is 1.61. The van der Waals surface area contributed by atoms with Gasteiger partial charge in [-0.15, -0.1) is 0 Å². The third kappa shape index (κ3) is 4.93. The molecule has 1 fully saturated rings. The fourth-order valence-corrected chi connectivity index (χ4v) is 2.97. The Morgan fingerprint density at radius 2 is 2.07 bits per heavy atom. The highest BCUT2D eigenvalue weighted by atomic mass is 16.5. The first kappa shape index (κ1) is 19.1. The number of nitrogens with zero attached hydrogens (tertiary/aromatic N) is 2. The number of fused-ring (bicyclic) bond motifs is 1. The Labute approximate surface area is 157 Å². The van der Waals surface area contributed by atoms with E-state index in [9.17, 15) is 14.4 Å². The molecule has 0 spiro atoms. The Morgan fingerprint density at radius 1 is 1.30 bits per heavy atom. The molecule has 1 aliphatic rings. The molecule has 0 bridgehead atoms. The Kier molecular flexibility index (Phi) is 6.21. The molecule has 3 rings (SSSR count). The van der Waals surface area contributed by atoms with E-state index in [4.69, 9.17) is 4.74 Å². The normalized spacial score (nSPS) is 13.5. The van der Waals surface area contributed by atoms with Crippen LogP contribution in [0.4, 0.5) is 0 Å². The van der Waals surface area contributed by atoms with Gasteiger partial charge in [-0.05, 0) is 31.4 Å². The summed E-state index contributed by atoms with van der Waals surface area (Å²) in [6, 6.07) is 7.41. The Hall–Kier alpha value is -2.70. The van der Waals surface area contributed by atoms with E-state index in [2.05, 4.69) is 10.3 Å². The Morgan fingerprint density at radius 3 is 2.81 bits per heavy atom. The van der Waals surface area contributed by atoms with Crippen molar-refractivity contribution >= 4 is 22.8 Å². The molecule has 0 atom stereocenters. The van der Waals surface area contributed by atoms with Gasteiger partial charge in [-0.25, -0.2) is 4.98 Å². The molecule has 1 heterocycles. The van der Waals surface area contributed by atoms with Crippen LogP contribution in [0.15, 0.2) is 29.1 Å². The van der Waals surface area contributed by atoms with Gasteiger partial charge in [0.2, 0.25) is 0 Å². The van der Waals surface area contributed by atoms with Crippen molar-refractivity contribution in [2.24, 2.45) is 0 Å². The summed E-state index contributed by atoms with van der Waals surface area (Å²) in [6.07, 6.45) is 4.19. The van der Waals surface area contributed by atoms with Crippen LogP contribution in [0.25, 0.3) is 10.9 Å². The maximum Gasteiger partial charge on any atom is 0.306 e. The molecule has 1 saturated carbocycles. The van der Waals surface area contributed by atoms with E-state index in [1.165, 1.54) is 0 Å². The number of nitrogens with one attached hydrogen (secondary N) is 1. The maximum absolute atomic E-state index is 12.8. The fraction of sp³-hybridized carbons (Fsp3) is 0.500. The lowest BCUT2D eigenvalue weighted by atomic mass is 10.2. The minimum absolute atomic E-state index is 0.0539. The first-order chi connectivity index (χ1) is 13.1. The van der Waals surface area contributed by atoms with Crippen LogP contribution in [0.1, 0.15) is 50.9 Å². The number of amides is 1. The third-order valence-corrected chi connectivity index (χ3v) is 4.56. The summed E-state index contributed by atoms with van der Waals surface area (Å²) in [5.41, 5.74) is 0.583. The number of benzene rings is 1. The van der Waals surface area contributed by atoms with E-state index in [0.717, 1.165) is 25.7 Å². The van der Waals surface area contributed by atoms with E-state index in [0.29, 0.717) is 29.7 Å². The number of rotatable bonds is 9. The summed E-state index contributed by atoms with van der Waals surface area (Å²) >= 11 is 0. The second kappa shape index (κ2) is 8.79. The van der Waals surface area contributed by atoms with Crippen LogP contribution in [-0.4, -0.2) is 34.6 Å². The van der Waals surface area contributed by atoms with Crippen LogP contribution < -0.4 is 10.9 Å². The van der Waals surface area contributed by atoms with Gasteiger partial charge in [-0.3, -0.25) is 19.0 Å². The smallest absolute Gasteiger partial charge is 0.306 e. The van der Waals surface area contributed by atoms with Crippen molar-refractivity contribution in [1.82, 2.24) is 14.9 Å². The molecule has 7 nitrogen and oxygen atoms in total. The largest absolute Gasteiger partial charge is 0.456 e.